The van der Waals surface area contributed by atoms with Crippen molar-refractivity contribution >= 4 is 5.91 Å². The van der Waals surface area contributed by atoms with Crippen LogP contribution in [0.25, 0.3) is 0 Å². The fourth-order valence-corrected chi connectivity index (χ4v) is 2.63. The monoisotopic (exact) mass is 303 g/mol. The second kappa shape index (κ2) is 5.57. The molecule has 4 nitrogen and oxygen atoms in total. The van der Waals surface area contributed by atoms with Crippen molar-refractivity contribution in [3.8, 4) is 0 Å². The van der Waals surface area contributed by atoms with Crippen molar-refractivity contribution in [2.45, 2.75) is 31.3 Å². The van der Waals surface area contributed by atoms with Crippen LogP contribution in [0.2, 0.25) is 0 Å². The van der Waals surface area contributed by atoms with Gasteiger partial charge in [-0.1, -0.05) is 12.1 Å². The minimum absolute atomic E-state index is 0.0920. The number of rotatable bonds is 5. The van der Waals surface area contributed by atoms with Crippen molar-refractivity contribution in [2.75, 3.05) is 6.54 Å². The van der Waals surface area contributed by atoms with E-state index in [4.69, 9.17) is 4.42 Å². The van der Waals surface area contributed by atoms with Crippen molar-refractivity contribution < 1.29 is 18.7 Å². The molecule has 5 heteroatoms. The van der Waals surface area contributed by atoms with Gasteiger partial charge in [0.2, 0.25) is 5.91 Å². The first-order chi connectivity index (χ1) is 10.5. The second-order valence-corrected chi connectivity index (χ2v) is 5.76. The molecule has 1 aliphatic carbocycles. The fourth-order valence-electron chi connectivity index (χ4n) is 2.63. The molecule has 0 aliphatic heterocycles. The van der Waals surface area contributed by atoms with Crippen LogP contribution in [-0.2, 0) is 10.2 Å². The average Bonchev–Trinajstić information content (AvgIpc) is 3.21. The first-order valence-electron chi connectivity index (χ1n) is 7.30. The predicted octanol–water partition coefficient (Wildman–Crippen LogP) is 2.61. The van der Waals surface area contributed by atoms with Crippen LogP contribution < -0.4 is 5.32 Å². The van der Waals surface area contributed by atoms with E-state index in [0.29, 0.717) is 11.5 Å². The summed E-state index contributed by atoms with van der Waals surface area (Å²) in [6, 6.07) is 9.48. The normalized spacial score (nSPS) is 17.0. The highest BCUT2D eigenvalue weighted by Crippen LogP contribution is 2.48. The number of aliphatic hydroxyl groups is 1. The van der Waals surface area contributed by atoms with Crippen molar-refractivity contribution in [3.05, 3.63) is 59.3 Å². The minimum Gasteiger partial charge on any atom is -0.464 e. The molecule has 0 spiro atoms. The highest BCUT2D eigenvalue weighted by atomic mass is 19.1. The van der Waals surface area contributed by atoms with Crippen molar-refractivity contribution in [3.63, 3.8) is 0 Å². The van der Waals surface area contributed by atoms with Gasteiger partial charge in [0.25, 0.3) is 0 Å². The third kappa shape index (κ3) is 2.76. The number of furan rings is 1. The van der Waals surface area contributed by atoms with E-state index in [1.54, 1.807) is 31.2 Å². The van der Waals surface area contributed by atoms with E-state index in [9.17, 15) is 14.3 Å². The molecule has 1 saturated carbocycles. The minimum atomic E-state index is -0.873. The van der Waals surface area contributed by atoms with E-state index in [-0.39, 0.29) is 18.3 Å². The van der Waals surface area contributed by atoms with Gasteiger partial charge in [-0.2, -0.15) is 0 Å². The van der Waals surface area contributed by atoms with Gasteiger partial charge < -0.3 is 14.8 Å². The van der Waals surface area contributed by atoms with Crippen molar-refractivity contribution in [1.82, 2.24) is 5.32 Å². The van der Waals surface area contributed by atoms with Gasteiger partial charge in [-0.3, -0.25) is 4.79 Å². The Morgan fingerprint density at radius 2 is 2.00 bits per heavy atom. The number of halogens is 1. The van der Waals surface area contributed by atoms with E-state index in [0.717, 1.165) is 18.4 Å². The number of carbonyl (C=O) groups is 1. The highest BCUT2D eigenvalue weighted by Gasteiger charge is 2.51. The van der Waals surface area contributed by atoms with Crippen LogP contribution in [0.15, 0.2) is 40.8 Å². The topological polar surface area (TPSA) is 62.5 Å². The molecule has 3 rings (SSSR count). The molecule has 0 unspecified atom stereocenters. The van der Waals surface area contributed by atoms with E-state index in [1.807, 2.05) is 0 Å². The molecule has 22 heavy (non-hydrogen) atoms. The van der Waals surface area contributed by atoms with E-state index < -0.39 is 11.5 Å². The molecule has 2 aromatic rings. The smallest absolute Gasteiger partial charge is 0.230 e. The third-order valence-electron chi connectivity index (χ3n) is 4.13. The van der Waals surface area contributed by atoms with Crippen LogP contribution >= 0.6 is 0 Å². The summed E-state index contributed by atoms with van der Waals surface area (Å²) in [6.07, 6.45) is 0.600. The van der Waals surface area contributed by atoms with Gasteiger partial charge in [0.1, 0.15) is 23.4 Å². The molecule has 0 saturated heterocycles. The SMILES string of the molecule is Cc1ccc([C@@H](O)CNC(=O)C2(c3ccc(F)cc3)CC2)o1. The van der Waals surface area contributed by atoms with Crippen LogP contribution in [0, 0.1) is 12.7 Å². The molecule has 1 aromatic heterocycles. The Morgan fingerprint density at radius 3 is 2.55 bits per heavy atom. The first-order valence-corrected chi connectivity index (χ1v) is 7.30. The van der Waals surface area contributed by atoms with E-state index >= 15 is 0 Å². The summed E-state index contributed by atoms with van der Waals surface area (Å²) < 4.78 is 18.3. The Hall–Kier alpha value is -2.14. The maximum absolute atomic E-state index is 13.0. The lowest BCUT2D eigenvalue weighted by Gasteiger charge is -2.17. The zero-order valence-corrected chi connectivity index (χ0v) is 12.3. The summed E-state index contributed by atoms with van der Waals surface area (Å²) in [4.78, 5) is 12.4. The number of nitrogens with one attached hydrogen (secondary N) is 1. The molecule has 1 atom stereocenters. The Kier molecular flexibility index (Phi) is 3.74. The van der Waals surface area contributed by atoms with Gasteiger partial charge in [-0.25, -0.2) is 4.39 Å². The lowest BCUT2D eigenvalue weighted by molar-refractivity contribution is -0.124. The van der Waals surface area contributed by atoms with Crippen LogP contribution in [0.5, 0.6) is 0 Å². The molecular formula is C17H18FNO3. The standard InChI is InChI=1S/C17H18FNO3/c1-11-2-7-15(22-11)14(20)10-19-16(21)17(8-9-17)12-3-5-13(18)6-4-12/h2-7,14,20H,8-10H2,1H3,(H,19,21)/t14-/m0/s1. The summed E-state index contributed by atoms with van der Waals surface area (Å²) in [5.41, 5.74) is 0.238. The number of benzene rings is 1. The van der Waals surface area contributed by atoms with Gasteiger partial charge in [-0.15, -0.1) is 0 Å². The Balaban J connectivity index is 1.63. The number of hydrogen-bond donors (Lipinski definition) is 2. The summed E-state index contributed by atoms with van der Waals surface area (Å²) in [7, 11) is 0. The van der Waals surface area contributed by atoms with Gasteiger partial charge in [0, 0.05) is 0 Å². The van der Waals surface area contributed by atoms with Gasteiger partial charge in [0.05, 0.1) is 12.0 Å². The largest absolute Gasteiger partial charge is 0.464 e. The lowest BCUT2D eigenvalue weighted by atomic mass is 9.95. The summed E-state index contributed by atoms with van der Waals surface area (Å²) in [6.45, 7) is 1.89. The predicted molar refractivity (Wildman–Crippen MR) is 78.7 cm³/mol. The number of amides is 1. The molecule has 116 valence electrons. The molecule has 0 radical (unpaired) electrons. The quantitative estimate of drug-likeness (QED) is 0.892. The van der Waals surface area contributed by atoms with Crippen LogP contribution in [0.1, 0.15) is 36.0 Å². The second-order valence-electron chi connectivity index (χ2n) is 5.76. The summed E-state index contributed by atoms with van der Waals surface area (Å²) in [5, 5.41) is 12.8. The van der Waals surface area contributed by atoms with Gasteiger partial charge in [-0.05, 0) is 49.6 Å². The molecule has 1 fully saturated rings. The van der Waals surface area contributed by atoms with Gasteiger partial charge >= 0.3 is 0 Å². The van der Waals surface area contributed by atoms with Crippen molar-refractivity contribution in [2.24, 2.45) is 0 Å². The molecule has 1 heterocycles. The lowest BCUT2D eigenvalue weighted by Crippen LogP contribution is -2.37. The number of carbonyl (C=O) groups excluding carboxylic acids is 1. The Bertz CT molecular complexity index is 673. The summed E-state index contributed by atoms with van der Waals surface area (Å²) in [5.74, 6) is 0.694. The van der Waals surface area contributed by atoms with E-state index in [2.05, 4.69) is 5.32 Å². The molecule has 1 aromatic carbocycles. The molecule has 2 N–H and O–H groups in total. The van der Waals surface area contributed by atoms with Gasteiger partial charge in [0.15, 0.2) is 0 Å². The molecular weight excluding hydrogens is 285 g/mol. The Labute approximate surface area is 128 Å². The maximum atomic E-state index is 13.0. The zero-order chi connectivity index (χ0) is 15.7. The highest BCUT2D eigenvalue weighted by molar-refractivity contribution is 5.91. The molecule has 1 aliphatic rings. The summed E-state index contributed by atoms with van der Waals surface area (Å²) >= 11 is 0. The van der Waals surface area contributed by atoms with Crippen LogP contribution in [0.4, 0.5) is 4.39 Å². The zero-order valence-electron chi connectivity index (χ0n) is 12.3. The Morgan fingerprint density at radius 1 is 1.32 bits per heavy atom. The van der Waals surface area contributed by atoms with E-state index in [1.165, 1.54) is 12.1 Å². The van der Waals surface area contributed by atoms with Crippen LogP contribution in [-0.4, -0.2) is 17.6 Å². The number of aryl methyl sites for hydroxylation is 1. The fraction of sp³-hybridized carbons (Fsp3) is 0.353. The first kappa shape index (κ1) is 14.8. The van der Waals surface area contributed by atoms with Crippen LogP contribution in [0.3, 0.4) is 0 Å². The average molecular weight is 303 g/mol. The number of aliphatic hydroxyl groups excluding tert-OH is 1. The van der Waals surface area contributed by atoms with Crippen molar-refractivity contribution in [1.29, 1.82) is 0 Å². The maximum Gasteiger partial charge on any atom is 0.230 e. The molecule has 0 bridgehead atoms. The third-order valence-corrected chi connectivity index (χ3v) is 4.13. The number of hydrogen-bond acceptors (Lipinski definition) is 3. The molecule has 1 amide bonds.